The Balaban J connectivity index is 1.67. The van der Waals surface area contributed by atoms with Gasteiger partial charge in [0.25, 0.3) is 11.2 Å². The van der Waals surface area contributed by atoms with Crippen LogP contribution in [0.5, 0.6) is 0 Å². The number of aromatic nitrogens is 1. The van der Waals surface area contributed by atoms with Gasteiger partial charge in [-0.3, -0.25) is 30.1 Å². The lowest BCUT2D eigenvalue weighted by molar-refractivity contribution is -0.384. The van der Waals surface area contributed by atoms with Crippen molar-refractivity contribution in [2.24, 2.45) is 4.99 Å². The Morgan fingerprint density at radius 3 is 2.24 bits per heavy atom. The number of nitro benzene ring substituents is 1. The van der Waals surface area contributed by atoms with E-state index >= 15 is 0 Å². The lowest BCUT2D eigenvalue weighted by atomic mass is 9.80. The number of nitro groups is 1. The quantitative estimate of drug-likeness (QED) is 0.324. The second-order valence-electron chi connectivity index (χ2n) is 9.12. The molecule has 3 heterocycles. The predicted molar refractivity (Wildman–Crippen MR) is 143 cm³/mol. The summed E-state index contributed by atoms with van der Waals surface area (Å²) in [7, 11) is 3.40. The number of hydrogen-bond acceptors (Lipinski definition) is 7. The summed E-state index contributed by atoms with van der Waals surface area (Å²) in [6.45, 7) is 0. The number of amides is 2. The minimum Gasteiger partial charge on any atom is -0.295 e. The Kier molecular flexibility index (Phi) is 5.21. The molecule has 2 aliphatic rings. The first-order chi connectivity index (χ1) is 18.3. The molecule has 38 heavy (non-hydrogen) atoms. The number of benzene rings is 3. The summed E-state index contributed by atoms with van der Waals surface area (Å²) in [5.74, 6) is 0. The van der Waals surface area contributed by atoms with Crippen LogP contribution in [0.3, 0.4) is 0 Å². The molecule has 1 saturated heterocycles. The first-order valence-corrected chi connectivity index (χ1v) is 12.6. The van der Waals surface area contributed by atoms with Crippen LogP contribution in [-0.4, -0.2) is 39.5 Å². The van der Waals surface area contributed by atoms with Crippen molar-refractivity contribution in [2.45, 2.75) is 11.3 Å². The molecule has 11 heteroatoms. The Bertz CT molecular complexity index is 1770. The lowest BCUT2D eigenvalue weighted by Gasteiger charge is -2.49. The maximum absolute atomic E-state index is 13.7. The zero-order valence-corrected chi connectivity index (χ0v) is 21.3. The van der Waals surface area contributed by atoms with Gasteiger partial charge in [0.15, 0.2) is 0 Å². The van der Waals surface area contributed by atoms with Crippen LogP contribution in [0, 0.1) is 10.1 Å². The Labute approximate surface area is 220 Å². The van der Waals surface area contributed by atoms with Crippen molar-refractivity contribution < 1.29 is 9.72 Å². The van der Waals surface area contributed by atoms with Crippen molar-refractivity contribution in [1.82, 2.24) is 14.5 Å². The van der Waals surface area contributed by atoms with Crippen molar-refractivity contribution in [2.75, 3.05) is 19.5 Å². The third kappa shape index (κ3) is 3.08. The van der Waals surface area contributed by atoms with E-state index in [1.54, 1.807) is 42.1 Å². The molecule has 2 atom stereocenters. The summed E-state index contributed by atoms with van der Waals surface area (Å²) < 4.78 is 1.71. The van der Waals surface area contributed by atoms with Gasteiger partial charge in [0, 0.05) is 37.4 Å². The summed E-state index contributed by atoms with van der Waals surface area (Å²) in [4.78, 5) is 46.7. The van der Waals surface area contributed by atoms with E-state index in [9.17, 15) is 19.7 Å². The fraction of sp³-hybridized carbons (Fsp3) is 0.148. The Hall–Kier alpha value is -4.77. The highest BCUT2D eigenvalue weighted by molar-refractivity contribution is 7.07. The van der Waals surface area contributed by atoms with Crippen molar-refractivity contribution in [3.8, 4) is 0 Å². The van der Waals surface area contributed by atoms with Gasteiger partial charge >= 0.3 is 6.03 Å². The Morgan fingerprint density at radius 1 is 0.921 bits per heavy atom. The summed E-state index contributed by atoms with van der Waals surface area (Å²) >= 11 is 1.15. The minimum absolute atomic E-state index is 0.0645. The number of hydrogen-bond donors (Lipinski definition) is 1. The van der Waals surface area contributed by atoms with Crippen LogP contribution in [0.15, 0.2) is 94.7 Å². The third-order valence-corrected chi connectivity index (χ3v) is 8.12. The lowest BCUT2D eigenvalue weighted by Crippen LogP contribution is -2.67. The zero-order valence-electron chi connectivity index (χ0n) is 20.4. The van der Waals surface area contributed by atoms with Crippen LogP contribution in [0.25, 0.3) is 6.08 Å². The fourth-order valence-corrected chi connectivity index (χ4v) is 6.36. The minimum atomic E-state index is -1.26. The van der Waals surface area contributed by atoms with Gasteiger partial charge in [-0.1, -0.05) is 84.1 Å². The van der Waals surface area contributed by atoms with Crippen molar-refractivity contribution >= 4 is 29.1 Å². The van der Waals surface area contributed by atoms with Crippen LogP contribution in [-0.2, 0) is 11.3 Å². The molecule has 2 unspecified atom stereocenters. The number of nitrogens with one attached hydrogen (secondary N) is 1. The average Bonchev–Trinajstić information content (AvgIpc) is 3.33. The SMILES string of the molecule is CN1C(=O)N(C)C2(c3ccccc3)Nn3c(s/c(=C\c4cccc([N+](=O)[O-])c4)c3=O)=NC12c1ccccc1. The monoisotopic (exact) mass is 526 g/mol. The van der Waals surface area contributed by atoms with Gasteiger partial charge in [-0.2, -0.15) is 4.68 Å². The summed E-state index contributed by atoms with van der Waals surface area (Å²) in [6.07, 6.45) is 1.61. The van der Waals surface area contributed by atoms with E-state index < -0.39 is 16.2 Å². The van der Waals surface area contributed by atoms with E-state index in [-0.39, 0.29) is 17.3 Å². The number of likely N-dealkylation sites (N-methyl/N-ethyl adjacent to an activating group) is 2. The molecule has 1 N–H and O–H groups in total. The molecule has 3 aromatic carbocycles. The Morgan fingerprint density at radius 2 is 1.58 bits per heavy atom. The van der Waals surface area contributed by atoms with E-state index in [2.05, 4.69) is 5.43 Å². The highest BCUT2D eigenvalue weighted by Gasteiger charge is 2.69. The standard InChI is InChI=1S/C27H22N6O4S/c1-30-25(35)31(2)27(20-13-7-4-8-14-20)26(30,19-11-5-3-6-12-19)28-24-32(29-27)23(34)22(38-24)17-18-10-9-15-21(16-18)33(36)37/h3-17,29H,1-2H3/b22-17-. The van der Waals surface area contributed by atoms with Gasteiger partial charge < -0.3 is 0 Å². The summed E-state index contributed by atoms with van der Waals surface area (Å²) in [6, 6.07) is 24.8. The number of thiazole rings is 1. The normalized spacial score (nSPS) is 22.5. The van der Waals surface area contributed by atoms with Crippen LogP contribution in [0.1, 0.15) is 16.7 Å². The van der Waals surface area contributed by atoms with Crippen molar-refractivity contribution in [3.63, 3.8) is 0 Å². The molecule has 190 valence electrons. The number of fused-ring (bicyclic) bond motifs is 2. The number of urea groups is 1. The molecule has 10 nitrogen and oxygen atoms in total. The van der Waals surface area contributed by atoms with Crippen LogP contribution in [0.2, 0.25) is 0 Å². The molecule has 2 aliphatic heterocycles. The van der Waals surface area contributed by atoms with Gasteiger partial charge in [0.05, 0.1) is 9.46 Å². The largest absolute Gasteiger partial charge is 0.324 e. The molecule has 6 rings (SSSR count). The van der Waals surface area contributed by atoms with E-state index in [0.717, 1.165) is 22.5 Å². The van der Waals surface area contributed by atoms with Gasteiger partial charge in [0.2, 0.25) is 16.1 Å². The smallest absolute Gasteiger partial charge is 0.295 e. The fourth-order valence-electron chi connectivity index (χ4n) is 5.40. The molecule has 1 aromatic heterocycles. The molecule has 4 aromatic rings. The molecule has 0 bridgehead atoms. The van der Waals surface area contributed by atoms with E-state index in [0.29, 0.717) is 14.9 Å². The molecule has 2 amide bonds. The number of carbonyl (C=O) groups is 1. The van der Waals surface area contributed by atoms with E-state index in [1.165, 1.54) is 16.8 Å². The molecule has 0 saturated carbocycles. The highest BCUT2D eigenvalue weighted by Crippen LogP contribution is 2.53. The van der Waals surface area contributed by atoms with Gasteiger partial charge in [0.1, 0.15) is 0 Å². The van der Waals surface area contributed by atoms with E-state index in [4.69, 9.17) is 4.99 Å². The molecule has 0 radical (unpaired) electrons. The third-order valence-electron chi connectivity index (χ3n) is 7.15. The second-order valence-corrected chi connectivity index (χ2v) is 10.1. The van der Waals surface area contributed by atoms with E-state index in [1.807, 2.05) is 60.7 Å². The van der Waals surface area contributed by atoms with Crippen LogP contribution >= 0.6 is 11.3 Å². The second kappa shape index (κ2) is 8.38. The molecular weight excluding hydrogens is 504 g/mol. The topological polar surface area (TPSA) is 113 Å². The van der Waals surface area contributed by atoms with Gasteiger partial charge in [-0.05, 0) is 11.6 Å². The number of non-ortho nitro benzene ring substituents is 1. The average molecular weight is 527 g/mol. The van der Waals surface area contributed by atoms with Crippen LogP contribution < -0.4 is 20.3 Å². The summed E-state index contributed by atoms with van der Waals surface area (Å²) in [5.41, 5.74) is 2.50. The predicted octanol–water partition coefficient (Wildman–Crippen LogP) is 2.53. The first-order valence-electron chi connectivity index (χ1n) is 11.8. The van der Waals surface area contributed by atoms with Crippen molar-refractivity contribution in [1.29, 1.82) is 0 Å². The van der Waals surface area contributed by atoms with Gasteiger partial charge in [-0.25, -0.2) is 9.79 Å². The molecule has 0 spiro atoms. The number of rotatable bonds is 4. The number of carbonyl (C=O) groups excluding carboxylic acids is 1. The summed E-state index contributed by atoms with van der Waals surface area (Å²) in [5, 5.41) is 11.2. The van der Waals surface area contributed by atoms with Gasteiger partial charge in [-0.15, -0.1) is 0 Å². The molecule has 0 aliphatic carbocycles. The first kappa shape index (κ1) is 23.6. The van der Waals surface area contributed by atoms with Crippen molar-refractivity contribution in [3.05, 3.63) is 131 Å². The molecular formula is C27H22N6O4S. The van der Waals surface area contributed by atoms with Crippen LogP contribution in [0.4, 0.5) is 10.5 Å². The number of nitrogens with zero attached hydrogens (tertiary/aromatic N) is 5. The highest BCUT2D eigenvalue weighted by atomic mass is 32.1. The molecule has 1 fully saturated rings. The maximum atomic E-state index is 13.7. The maximum Gasteiger partial charge on any atom is 0.324 e. The zero-order chi connectivity index (χ0) is 26.7.